The van der Waals surface area contributed by atoms with Gasteiger partial charge < -0.3 is 15.3 Å². The Hall–Kier alpha value is -1.10. The molecule has 1 aliphatic heterocycles. The molecule has 16 heavy (non-hydrogen) atoms. The number of hydrogen-bond acceptors (Lipinski definition) is 3. The predicted molar refractivity (Wildman–Crippen MR) is 59.7 cm³/mol. The molecule has 0 saturated carbocycles. The van der Waals surface area contributed by atoms with E-state index in [9.17, 15) is 9.59 Å². The van der Waals surface area contributed by atoms with E-state index >= 15 is 0 Å². The Bertz CT molecular complexity index is 266. The zero-order valence-electron chi connectivity index (χ0n) is 9.90. The molecule has 0 aliphatic carbocycles. The molecule has 1 aliphatic rings. The third-order valence-electron chi connectivity index (χ3n) is 2.81. The van der Waals surface area contributed by atoms with Crippen LogP contribution in [-0.4, -0.2) is 47.1 Å². The van der Waals surface area contributed by atoms with E-state index in [1.807, 2.05) is 6.92 Å². The molecule has 1 heterocycles. The van der Waals surface area contributed by atoms with Crippen LogP contribution >= 0.6 is 0 Å². The summed E-state index contributed by atoms with van der Waals surface area (Å²) in [5, 5.41) is 11.9. The molecule has 1 fully saturated rings. The van der Waals surface area contributed by atoms with Gasteiger partial charge in [-0.05, 0) is 19.8 Å². The molecule has 0 aromatic heterocycles. The maximum atomic E-state index is 11.9. The number of aliphatic hydroxyl groups excluding tert-OH is 1. The largest absolute Gasteiger partial charge is 0.393 e. The summed E-state index contributed by atoms with van der Waals surface area (Å²) in [7, 11) is 0. The van der Waals surface area contributed by atoms with Crippen molar-refractivity contribution < 1.29 is 14.7 Å². The second-order valence-corrected chi connectivity index (χ2v) is 4.19. The van der Waals surface area contributed by atoms with Crippen LogP contribution in [-0.2, 0) is 9.59 Å². The topological polar surface area (TPSA) is 69.6 Å². The van der Waals surface area contributed by atoms with Crippen LogP contribution in [0.4, 0.5) is 0 Å². The van der Waals surface area contributed by atoms with Gasteiger partial charge in [0.2, 0.25) is 11.8 Å². The maximum absolute atomic E-state index is 11.9. The van der Waals surface area contributed by atoms with E-state index in [0.29, 0.717) is 32.4 Å². The molecule has 2 atom stereocenters. The molecular weight excluding hydrogens is 208 g/mol. The van der Waals surface area contributed by atoms with Gasteiger partial charge in [0.1, 0.15) is 6.04 Å². The summed E-state index contributed by atoms with van der Waals surface area (Å²) in [4.78, 5) is 25.0. The summed E-state index contributed by atoms with van der Waals surface area (Å²) in [6, 6.07) is -0.338. The smallest absolute Gasteiger partial charge is 0.242 e. The zero-order chi connectivity index (χ0) is 12.1. The van der Waals surface area contributed by atoms with Gasteiger partial charge >= 0.3 is 0 Å². The Morgan fingerprint density at radius 2 is 2.38 bits per heavy atom. The van der Waals surface area contributed by atoms with Crippen molar-refractivity contribution >= 4 is 11.8 Å². The molecule has 1 saturated heterocycles. The molecule has 0 aromatic carbocycles. The van der Waals surface area contributed by atoms with E-state index in [-0.39, 0.29) is 17.9 Å². The number of nitrogens with zero attached hydrogens (tertiary/aromatic N) is 1. The molecule has 2 N–H and O–H groups in total. The standard InChI is InChI=1S/C11H20N2O3/c1-3-9-11(16)12-6-7-13(9)10(15)5-4-8(2)14/h8-9,14H,3-7H2,1-2H3,(H,12,16). The SMILES string of the molecule is CCC1C(=O)NCCN1C(=O)CCC(C)O. The highest BCUT2D eigenvalue weighted by molar-refractivity contribution is 5.88. The second kappa shape index (κ2) is 5.84. The fourth-order valence-corrected chi connectivity index (χ4v) is 1.90. The second-order valence-electron chi connectivity index (χ2n) is 4.19. The number of piperazine rings is 1. The van der Waals surface area contributed by atoms with Gasteiger partial charge in [0, 0.05) is 19.5 Å². The van der Waals surface area contributed by atoms with Crippen LogP contribution in [0.25, 0.3) is 0 Å². The Morgan fingerprint density at radius 3 is 2.94 bits per heavy atom. The molecule has 1 rings (SSSR count). The average molecular weight is 228 g/mol. The Morgan fingerprint density at radius 1 is 1.69 bits per heavy atom. The lowest BCUT2D eigenvalue weighted by atomic mass is 10.1. The normalized spacial score (nSPS) is 22.8. The van der Waals surface area contributed by atoms with Gasteiger partial charge in [-0.3, -0.25) is 9.59 Å². The highest BCUT2D eigenvalue weighted by Gasteiger charge is 2.31. The number of carbonyl (C=O) groups excluding carboxylic acids is 2. The first-order valence-electron chi connectivity index (χ1n) is 5.81. The van der Waals surface area contributed by atoms with Crippen molar-refractivity contribution in [3.05, 3.63) is 0 Å². The predicted octanol–water partition coefficient (Wildman–Crippen LogP) is -0.116. The minimum Gasteiger partial charge on any atom is -0.393 e. The van der Waals surface area contributed by atoms with Gasteiger partial charge in [-0.2, -0.15) is 0 Å². The van der Waals surface area contributed by atoms with Gasteiger partial charge in [0.05, 0.1) is 6.10 Å². The van der Waals surface area contributed by atoms with Crippen LogP contribution in [0.15, 0.2) is 0 Å². The summed E-state index contributed by atoms with van der Waals surface area (Å²) >= 11 is 0. The van der Waals surface area contributed by atoms with Gasteiger partial charge in [0.25, 0.3) is 0 Å². The molecular formula is C11H20N2O3. The summed E-state index contributed by atoms with van der Waals surface area (Å²) in [5.41, 5.74) is 0. The number of hydrogen-bond donors (Lipinski definition) is 2. The summed E-state index contributed by atoms with van der Waals surface area (Å²) in [6.45, 7) is 4.65. The van der Waals surface area contributed by atoms with E-state index in [2.05, 4.69) is 5.32 Å². The van der Waals surface area contributed by atoms with Crippen LogP contribution in [0.3, 0.4) is 0 Å². The van der Waals surface area contributed by atoms with Gasteiger partial charge in [-0.1, -0.05) is 6.92 Å². The van der Waals surface area contributed by atoms with Gasteiger partial charge in [0.15, 0.2) is 0 Å². The van der Waals surface area contributed by atoms with Crippen LogP contribution in [0, 0.1) is 0 Å². The van der Waals surface area contributed by atoms with E-state index in [0.717, 1.165) is 0 Å². The third kappa shape index (κ3) is 3.20. The quantitative estimate of drug-likeness (QED) is 0.705. The minimum absolute atomic E-state index is 0.0393. The zero-order valence-corrected chi connectivity index (χ0v) is 9.90. The number of amides is 2. The van der Waals surface area contributed by atoms with Crippen molar-refractivity contribution in [3.8, 4) is 0 Å². The van der Waals surface area contributed by atoms with Crippen molar-refractivity contribution in [2.75, 3.05) is 13.1 Å². The highest BCUT2D eigenvalue weighted by Crippen LogP contribution is 2.11. The lowest BCUT2D eigenvalue weighted by Gasteiger charge is -2.34. The van der Waals surface area contributed by atoms with E-state index in [4.69, 9.17) is 5.11 Å². The summed E-state index contributed by atoms with van der Waals surface area (Å²) in [6.07, 6.45) is 0.920. The first kappa shape index (κ1) is 13.0. The molecule has 2 amide bonds. The number of carbonyl (C=O) groups is 2. The number of nitrogens with one attached hydrogen (secondary N) is 1. The van der Waals surface area contributed by atoms with Crippen LogP contribution in [0.2, 0.25) is 0 Å². The van der Waals surface area contributed by atoms with E-state index in [1.165, 1.54) is 0 Å². The molecule has 92 valence electrons. The van der Waals surface area contributed by atoms with Gasteiger partial charge in [-0.25, -0.2) is 0 Å². The lowest BCUT2D eigenvalue weighted by Crippen LogP contribution is -2.56. The Balaban J connectivity index is 2.55. The van der Waals surface area contributed by atoms with Crippen molar-refractivity contribution in [1.29, 1.82) is 0 Å². The lowest BCUT2D eigenvalue weighted by molar-refractivity contribution is -0.143. The molecule has 5 nitrogen and oxygen atoms in total. The first-order valence-corrected chi connectivity index (χ1v) is 5.81. The highest BCUT2D eigenvalue weighted by atomic mass is 16.3. The molecule has 0 aromatic rings. The summed E-state index contributed by atoms with van der Waals surface area (Å²) in [5.74, 6) is -0.109. The maximum Gasteiger partial charge on any atom is 0.242 e. The molecule has 0 spiro atoms. The third-order valence-corrected chi connectivity index (χ3v) is 2.81. The van der Waals surface area contributed by atoms with Crippen LogP contribution in [0.1, 0.15) is 33.1 Å². The fraction of sp³-hybridized carbons (Fsp3) is 0.818. The van der Waals surface area contributed by atoms with E-state index < -0.39 is 6.10 Å². The average Bonchev–Trinajstić information content (AvgIpc) is 2.25. The van der Waals surface area contributed by atoms with Crippen molar-refractivity contribution in [2.24, 2.45) is 0 Å². The van der Waals surface area contributed by atoms with Crippen LogP contribution < -0.4 is 5.32 Å². The fourth-order valence-electron chi connectivity index (χ4n) is 1.90. The Labute approximate surface area is 95.8 Å². The van der Waals surface area contributed by atoms with E-state index in [1.54, 1.807) is 11.8 Å². The van der Waals surface area contributed by atoms with Crippen molar-refractivity contribution in [2.45, 2.75) is 45.3 Å². The molecule has 0 bridgehead atoms. The monoisotopic (exact) mass is 228 g/mol. The minimum atomic E-state index is -0.470. The number of aliphatic hydroxyl groups is 1. The summed E-state index contributed by atoms with van der Waals surface area (Å²) < 4.78 is 0. The van der Waals surface area contributed by atoms with Gasteiger partial charge in [-0.15, -0.1) is 0 Å². The van der Waals surface area contributed by atoms with Crippen LogP contribution in [0.5, 0.6) is 0 Å². The first-order chi connectivity index (χ1) is 7.56. The Kier molecular flexibility index (Phi) is 4.73. The number of rotatable bonds is 4. The van der Waals surface area contributed by atoms with Crippen molar-refractivity contribution in [3.63, 3.8) is 0 Å². The molecule has 5 heteroatoms. The molecule has 0 radical (unpaired) electrons. The van der Waals surface area contributed by atoms with Crippen molar-refractivity contribution in [1.82, 2.24) is 10.2 Å². The molecule has 2 unspecified atom stereocenters.